The van der Waals surface area contributed by atoms with Crippen molar-refractivity contribution in [1.82, 2.24) is 15.1 Å². The van der Waals surface area contributed by atoms with Gasteiger partial charge in [0.1, 0.15) is 12.4 Å². The maximum atomic E-state index is 6.29. The molecule has 0 aliphatic heterocycles. The third-order valence-electron chi connectivity index (χ3n) is 3.60. The Labute approximate surface area is 130 Å². The summed E-state index contributed by atoms with van der Waals surface area (Å²) >= 11 is 6.29. The Bertz CT molecular complexity index is 607. The standard InChI is InChI=1S/C16H20ClN3O/c1-2-20-10-12(8-19-20)11-21-16-13(4-3-5-15(16)17)9-18-14-6-7-14/h3-5,8,10,14,18H,2,6-7,9,11H2,1H3. The van der Waals surface area contributed by atoms with E-state index in [0.717, 1.165) is 30.0 Å². The highest BCUT2D eigenvalue weighted by Gasteiger charge is 2.21. The Balaban J connectivity index is 1.67. The van der Waals surface area contributed by atoms with E-state index in [0.29, 0.717) is 17.7 Å². The molecule has 5 heteroatoms. The van der Waals surface area contributed by atoms with E-state index >= 15 is 0 Å². The Morgan fingerprint density at radius 2 is 2.29 bits per heavy atom. The SMILES string of the molecule is CCn1cc(COc2c(Cl)cccc2CNC2CC2)cn1. The zero-order valence-electron chi connectivity index (χ0n) is 12.2. The highest BCUT2D eigenvalue weighted by molar-refractivity contribution is 6.32. The average Bonchev–Trinajstić information content (AvgIpc) is 3.21. The molecule has 2 aromatic rings. The molecule has 112 valence electrons. The van der Waals surface area contributed by atoms with E-state index in [4.69, 9.17) is 16.3 Å². The van der Waals surface area contributed by atoms with E-state index in [1.165, 1.54) is 12.8 Å². The summed E-state index contributed by atoms with van der Waals surface area (Å²) in [5.74, 6) is 0.775. The first-order chi connectivity index (χ1) is 10.3. The minimum absolute atomic E-state index is 0.486. The molecule has 1 aliphatic rings. The highest BCUT2D eigenvalue weighted by Crippen LogP contribution is 2.30. The van der Waals surface area contributed by atoms with Crippen molar-refractivity contribution in [3.05, 3.63) is 46.7 Å². The Morgan fingerprint density at radius 3 is 3.00 bits per heavy atom. The molecule has 1 aliphatic carbocycles. The number of nitrogens with one attached hydrogen (secondary N) is 1. The van der Waals surface area contributed by atoms with Gasteiger partial charge in [0.05, 0.1) is 11.2 Å². The molecular formula is C16H20ClN3O. The molecule has 0 unspecified atom stereocenters. The number of ether oxygens (including phenoxy) is 1. The van der Waals surface area contributed by atoms with Crippen LogP contribution in [0.15, 0.2) is 30.6 Å². The minimum atomic E-state index is 0.486. The summed E-state index contributed by atoms with van der Waals surface area (Å²) in [5.41, 5.74) is 2.16. The molecule has 1 heterocycles. The normalized spacial score (nSPS) is 14.4. The molecule has 21 heavy (non-hydrogen) atoms. The van der Waals surface area contributed by atoms with Crippen LogP contribution < -0.4 is 10.1 Å². The zero-order valence-corrected chi connectivity index (χ0v) is 12.9. The van der Waals surface area contributed by atoms with Crippen LogP contribution in [0, 0.1) is 0 Å². The summed E-state index contributed by atoms with van der Waals surface area (Å²) in [7, 11) is 0. The van der Waals surface area contributed by atoms with E-state index in [-0.39, 0.29) is 0 Å². The van der Waals surface area contributed by atoms with Crippen molar-refractivity contribution >= 4 is 11.6 Å². The van der Waals surface area contributed by atoms with Crippen LogP contribution in [0.4, 0.5) is 0 Å². The van der Waals surface area contributed by atoms with Crippen molar-refractivity contribution in [2.75, 3.05) is 0 Å². The van der Waals surface area contributed by atoms with Crippen molar-refractivity contribution in [3.8, 4) is 5.75 Å². The van der Waals surface area contributed by atoms with Crippen LogP contribution in [0.5, 0.6) is 5.75 Å². The van der Waals surface area contributed by atoms with E-state index in [9.17, 15) is 0 Å². The van der Waals surface area contributed by atoms with Gasteiger partial charge in [-0.15, -0.1) is 0 Å². The number of nitrogens with zero attached hydrogens (tertiary/aromatic N) is 2. The summed E-state index contributed by atoms with van der Waals surface area (Å²) in [6.07, 6.45) is 6.38. The van der Waals surface area contributed by atoms with Crippen LogP contribution in [-0.2, 0) is 19.7 Å². The summed E-state index contributed by atoms with van der Waals surface area (Å²) < 4.78 is 7.83. The quantitative estimate of drug-likeness (QED) is 0.852. The Morgan fingerprint density at radius 1 is 1.43 bits per heavy atom. The predicted octanol–water partition coefficient (Wildman–Crippen LogP) is 3.39. The number of rotatable bonds is 7. The van der Waals surface area contributed by atoms with Gasteiger partial charge in [0.25, 0.3) is 0 Å². The molecule has 1 N–H and O–H groups in total. The second kappa shape index (κ2) is 6.50. The van der Waals surface area contributed by atoms with Gasteiger partial charge >= 0.3 is 0 Å². The smallest absolute Gasteiger partial charge is 0.142 e. The summed E-state index contributed by atoms with van der Waals surface area (Å²) in [6.45, 7) is 4.21. The van der Waals surface area contributed by atoms with Gasteiger partial charge in [-0.25, -0.2) is 0 Å². The predicted molar refractivity (Wildman–Crippen MR) is 83.5 cm³/mol. The van der Waals surface area contributed by atoms with Crippen LogP contribution in [0.25, 0.3) is 0 Å². The summed E-state index contributed by atoms with van der Waals surface area (Å²) in [5, 5.41) is 8.41. The lowest BCUT2D eigenvalue weighted by atomic mass is 10.2. The van der Waals surface area contributed by atoms with Gasteiger partial charge in [-0.05, 0) is 25.8 Å². The molecule has 0 atom stereocenters. The monoisotopic (exact) mass is 305 g/mol. The third kappa shape index (κ3) is 3.77. The van der Waals surface area contributed by atoms with Gasteiger partial charge in [-0.2, -0.15) is 5.10 Å². The van der Waals surface area contributed by atoms with Gasteiger partial charge in [-0.1, -0.05) is 23.7 Å². The van der Waals surface area contributed by atoms with Crippen molar-refractivity contribution in [1.29, 1.82) is 0 Å². The van der Waals surface area contributed by atoms with Crippen LogP contribution >= 0.6 is 11.6 Å². The fraction of sp³-hybridized carbons (Fsp3) is 0.438. The lowest BCUT2D eigenvalue weighted by Gasteiger charge is -2.13. The van der Waals surface area contributed by atoms with E-state index in [2.05, 4.69) is 23.4 Å². The maximum Gasteiger partial charge on any atom is 0.142 e. The molecule has 1 fully saturated rings. The summed E-state index contributed by atoms with van der Waals surface area (Å²) in [4.78, 5) is 0. The number of benzene rings is 1. The number of halogens is 1. The largest absolute Gasteiger partial charge is 0.487 e. The molecule has 0 radical (unpaired) electrons. The Hall–Kier alpha value is -1.52. The molecule has 0 saturated heterocycles. The minimum Gasteiger partial charge on any atom is -0.487 e. The first-order valence-corrected chi connectivity index (χ1v) is 7.79. The van der Waals surface area contributed by atoms with Gasteiger partial charge in [-0.3, -0.25) is 4.68 Å². The fourth-order valence-electron chi connectivity index (χ4n) is 2.21. The molecule has 4 nitrogen and oxygen atoms in total. The molecule has 0 spiro atoms. The van der Waals surface area contributed by atoms with Crippen LogP contribution in [-0.4, -0.2) is 15.8 Å². The van der Waals surface area contributed by atoms with Crippen molar-refractivity contribution in [2.24, 2.45) is 0 Å². The molecule has 3 rings (SSSR count). The lowest BCUT2D eigenvalue weighted by Crippen LogP contribution is -2.16. The first kappa shape index (κ1) is 14.4. The van der Waals surface area contributed by atoms with Gasteiger partial charge in [0, 0.05) is 36.5 Å². The zero-order chi connectivity index (χ0) is 14.7. The lowest BCUT2D eigenvalue weighted by molar-refractivity contribution is 0.302. The molecule has 1 aromatic heterocycles. The molecule has 0 bridgehead atoms. The van der Waals surface area contributed by atoms with Crippen LogP contribution in [0.3, 0.4) is 0 Å². The van der Waals surface area contributed by atoms with E-state index in [1.807, 2.05) is 29.2 Å². The van der Waals surface area contributed by atoms with E-state index in [1.54, 1.807) is 0 Å². The second-order valence-corrected chi connectivity index (χ2v) is 5.78. The number of hydrogen-bond donors (Lipinski definition) is 1. The fourth-order valence-corrected chi connectivity index (χ4v) is 2.45. The third-order valence-corrected chi connectivity index (χ3v) is 3.90. The van der Waals surface area contributed by atoms with Crippen molar-refractivity contribution in [2.45, 2.75) is 45.5 Å². The maximum absolute atomic E-state index is 6.29. The molecule has 0 amide bonds. The molecule has 1 saturated carbocycles. The number of hydrogen-bond acceptors (Lipinski definition) is 3. The van der Waals surface area contributed by atoms with Gasteiger partial charge < -0.3 is 10.1 Å². The second-order valence-electron chi connectivity index (χ2n) is 5.38. The average molecular weight is 306 g/mol. The first-order valence-electron chi connectivity index (χ1n) is 7.41. The number of aromatic nitrogens is 2. The highest BCUT2D eigenvalue weighted by atomic mass is 35.5. The van der Waals surface area contributed by atoms with Gasteiger partial charge in [0.2, 0.25) is 0 Å². The van der Waals surface area contributed by atoms with Crippen molar-refractivity contribution in [3.63, 3.8) is 0 Å². The van der Waals surface area contributed by atoms with Crippen molar-refractivity contribution < 1.29 is 4.74 Å². The number of para-hydroxylation sites is 1. The van der Waals surface area contributed by atoms with Gasteiger partial charge in [0.15, 0.2) is 0 Å². The van der Waals surface area contributed by atoms with E-state index < -0.39 is 0 Å². The Kier molecular flexibility index (Phi) is 4.46. The molecule has 1 aromatic carbocycles. The molecular weight excluding hydrogens is 286 g/mol. The number of aryl methyl sites for hydroxylation is 1. The van der Waals surface area contributed by atoms with Crippen LogP contribution in [0.1, 0.15) is 30.9 Å². The summed E-state index contributed by atoms with van der Waals surface area (Å²) in [6, 6.07) is 6.56. The van der Waals surface area contributed by atoms with Crippen LogP contribution in [0.2, 0.25) is 5.02 Å². The topological polar surface area (TPSA) is 39.1 Å².